The van der Waals surface area contributed by atoms with Crippen LogP contribution in [0.3, 0.4) is 0 Å². The van der Waals surface area contributed by atoms with Gasteiger partial charge in [-0.2, -0.15) is 4.98 Å². The molecular formula is C17H22N2O2. The zero-order valence-corrected chi connectivity index (χ0v) is 12.5. The highest BCUT2D eigenvalue weighted by atomic mass is 16.5. The van der Waals surface area contributed by atoms with Crippen molar-refractivity contribution in [2.24, 2.45) is 5.92 Å². The summed E-state index contributed by atoms with van der Waals surface area (Å²) in [6.45, 7) is 2.26. The van der Waals surface area contributed by atoms with Gasteiger partial charge < -0.3 is 9.63 Å². The standard InChI is InChI=1S/C17H22N2O2/c1-2-12-4-3-5-14(10-12)17-18-16(21-19-17)11-13-6-8-15(20)9-7-13/h6-9,12,14,20H,2-5,10-11H2,1H3. The van der Waals surface area contributed by atoms with E-state index in [1.165, 1.54) is 32.1 Å². The van der Waals surface area contributed by atoms with Gasteiger partial charge in [0.2, 0.25) is 5.89 Å². The van der Waals surface area contributed by atoms with E-state index in [-0.39, 0.29) is 5.75 Å². The molecule has 1 N–H and O–H groups in total. The molecular weight excluding hydrogens is 264 g/mol. The second kappa shape index (κ2) is 6.29. The Morgan fingerprint density at radius 2 is 2.05 bits per heavy atom. The number of hydrogen-bond donors (Lipinski definition) is 1. The van der Waals surface area contributed by atoms with Gasteiger partial charge in [-0.3, -0.25) is 0 Å². The molecule has 1 aromatic carbocycles. The Morgan fingerprint density at radius 3 is 2.81 bits per heavy atom. The zero-order valence-electron chi connectivity index (χ0n) is 12.5. The number of hydrogen-bond acceptors (Lipinski definition) is 4. The van der Waals surface area contributed by atoms with Crippen LogP contribution >= 0.6 is 0 Å². The van der Waals surface area contributed by atoms with Gasteiger partial charge in [0.1, 0.15) is 5.75 Å². The molecule has 1 aromatic heterocycles. The van der Waals surface area contributed by atoms with Gasteiger partial charge in [-0.25, -0.2) is 0 Å². The van der Waals surface area contributed by atoms with Crippen molar-refractivity contribution in [3.05, 3.63) is 41.5 Å². The van der Waals surface area contributed by atoms with Crippen molar-refractivity contribution in [1.29, 1.82) is 0 Å². The normalized spacial score (nSPS) is 22.3. The van der Waals surface area contributed by atoms with Crippen molar-refractivity contribution in [3.8, 4) is 5.75 Å². The lowest BCUT2D eigenvalue weighted by atomic mass is 9.80. The molecule has 1 fully saturated rings. The topological polar surface area (TPSA) is 59.2 Å². The Balaban J connectivity index is 1.67. The smallest absolute Gasteiger partial charge is 0.231 e. The van der Waals surface area contributed by atoms with E-state index >= 15 is 0 Å². The first-order valence-electron chi connectivity index (χ1n) is 7.85. The third-order valence-electron chi connectivity index (χ3n) is 4.50. The lowest BCUT2D eigenvalue weighted by Gasteiger charge is -2.26. The molecule has 1 aliphatic carbocycles. The van der Waals surface area contributed by atoms with E-state index in [0.29, 0.717) is 18.2 Å². The molecule has 3 rings (SSSR count). The van der Waals surface area contributed by atoms with Crippen LogP contribution < -0.4 is 0 Å². The van der Waals surface area contributed by atoms with Crippen molar-refractivity contribution in [3.63, 3.8) is 0 Å². The highest BCUT2D eigenvalue weighted by Gasteiger charge is 2.25. The van der Waals surface area contributed by atoms with Crippen LogP contribution in [0.25, 0.3) is 0 Å². The zero-order chi connectivity index (χ0) is 14.7. The van der Waals surface area contributed by atoms with Crippen LogP contribution in [0, 0.1) is 5.92 Å². The second-order valence-corrected chi connectivity index (χ2v) is 6.03. The molecule has 4 heteroatoms. The Bertz CT molecular complexity index is 577. The summed E-state index contributed by atoms with van der Waals surface area (Å²) >= 11 is 0. The summed E-state index contributed by atoms with van der Waals surface area (Å²) in [6.07, 6.45) is 6.84. The summed E-state index contributed by atoms with van der Waals surface area (Å²) in [4.78, 5) is 4.58. The fourth-order valence-electron chi connectivity index (χ4n) is 3.19. The van der Waals surface area contributed by atoms with Gasteiger partial charge in [0.15, 0.2) is 5.82 Å². The molecule has 0 radical (unpaired) electrons. The molecule has 21 heavy (non-hydrogen) atoms. The fourth-order valence-corrected chi connectivity index (χ4v) is 3.19. The number of rotatable bonds is 4. The largest absolute Gasteiger partial charge is 0.508 e. The maximum atomic E-state index is 9.29. The molecule has 2 unspecified atom stereocenters. The van der Waals surface area contributed by atoms with Crippen molar-refractivity contribution in [2.75, 3.05) is 0 Å². The quantitative estimate of drug-likeness (QED) is 0.921. The third-order valence-corrected chi connectivity index (χ3v) is 4.50. The van der Waals surface area contributed by atoms with Crippen LogP contribution in [-0.2, 0) is 6.42 Å². The van der Waals surface area contributed by atoms with E-state index < -0.39 is 0 Å². The molecule has 1 heterocycles. The van der Waals surface area contributed by atoms with E-state index in [0.717, 1.165) is 17.3 Å². The predicted octanol–water partition coefficient (Wildman–Crippen LogP) is 4.05. The van der Waals surface area contributed by atoms with Crippen LogP contribution in [0.1, 0.15) is 62.2 Å². The summed E-state index contributed by atoms with van der Waals surface area (Å²) in [5.41, 5.74) is 1.07. The summed E-state index contributed by atoms with van der Waals surface area (Å²) in [5.74, 6) is 3.08. The highest BCUT2D eigenvalue weighted by Crippen LogP contribution is 2.36. The average molecular weight is 286 g/mol. The first-order valence-corrected chi connectivity index (χ1v) is 7.85. The van der Waals surface area contributed by atoms with E-state index in [2.05, 4.69) is 17.1 Å². The van der Waals surface area contributed by atoms with Gasteiger partial charge in [-0.1, -0.05) is 43.5 Å². The molecule has 0 spiro atoms. The lowest BCUT2D eigenvalue weighted by molar-refractivity contribution is 0.298. The third kappa shape index (κ3) is 3.43. The molecule has 1 saturated carbocycles. The van der Waals surface area contributed by atoms with Crippen LogP contribution in [0.5, 0.6) is 5.75 Å². The summed E-state index contributed by atoms with van der Waals surface area (Å²) < 4.78 is 5.40. The number of benzene rings is 1. The molecule has 2 atom stereocenters. The van der Waals surface area contributed by atoms with E-state index in [1.54, 1.807) is 12.1 Å². The number of phenols is 1. The van der Waals surface area contributed by atoms with Crippen molar-refractivity contribution in [2.45, 2.75) is 51.4 Å². The number of nitrogens with zero attached hydrogens (tertiary/aromatic N) is 2. The lowest BCUT2D eigenvalue weighted by Crippen LogP contribution is -2.14. The number of phenolic OH excluding ortho intramolecular Hbond substituents is 1. The van der Waals surface area contributed by atoms with Gasteiger partial charge >= 0.3 is 0 Å². The van der Waals surface area contributed by atoms with Gasteiger partial charge in [-0.05, 0) is 36.5 Å². The molecule has 1 aliphatic rings. The average Bonchev–Trinajstić information content (AvgIpc) is 2.98. The first kappa shape index (κ1) is 14.1. The highest BCUT2D eigenvalue weighted by molar-refractivity contribution is 5.27. The molecule has 2 aromatic rings. The fraction of sp³-hybridized carbons (Fsp3) is 0.529. The van der Waals surface area contributed by atoms with Crippen LogP contribution in [0.4, 0.5) is 0 Å². The van der Waals surface area contributed by atoms with Crippen LogP contribution in [0.2, 0.25) is 0 Å². The van der Waals surface area contributed by atoms with E-state index in [9.17, 15) is 5.11 Å². The monoisotopic (exact) mass is 286 g/mol. The minimum absolute atomic E-state index is 0.276. The molecule has 0 amide bonds. The van der Waals surface area contributed by atoms with E-state index in [4.69, 9.17) is 4.52 Å². The predicted molar refractivity (Wildman–Crippen MR) is 80.2 cm³/mol. The Kier molecular flexibility index (Phi) is 4.23. The summed E-state index contributed by atoms with van der Waals surface area (Å²) in [6, 6.07) is 7.12. The van der Waals surface area contributed by atoms with Crippen molar-refractivity contribution >= 4 is 0 Å². The second-order valence-electron chi connectivity index (χ2n) is 6.03. The molecule has 0 bridgehead atoms. The number of aromatic hydroxyl groups is 1. The summed E-state index contributed by atoms with van der Waals surface area (Å²) in [7, 11) is 0. The van der Waals surface area contributed by atoms with Crippen LogP contribution in [0.15, 0.2) is 28.8 Å². The maximum absolute atomic E-state index is 9.29. The molecule has 112 valence electrons. The number of aromatic nitrogens is 2. The Hall–Kier alpha value is -1.84. The van der Waals surface area contributed by atoms with Gasteiger partial charge in [0.25, 0.3) is 0 Å². The molecule has 0 aliphatic heterocycles. The Labute approximate surface area is 125 Å². The molecule has 0 saturated heterocycles. The van der Waals surface area contributed by atoms with E-state index in [1.807, 2.05) is 12.1 Å². The van der Waals surface area contributed by atoms with Crippen LogP contribution in [-0.4, -0.2) is 15.2 Å². The van der Waals surface area contributed by atoms with Gasteiger partial charge in [0.05, 0.1) is 6.42 Å². The van der Waals surface area contributed by atoms with Crippen molar-refractivity contribution in [1.82, 2.24) is 10.1 Å². The first-order chi connectivity index (χ1) is 10.2. The Morgan fingerprint density at radius 1 is 1.24 bits per heavy atom. The SMILES string of the molecule is CCC1CCCC(c2noc(Cc3ccc(O)cc3)n2)C1. The maximum Gasteiger partial charge on any atom is 0.231 e. The summed E-state index contributed by atoms with van der Waals surface area (Å²) in [5, 5.41) is 13.5. The van der Waals surface area contributed by atoms with Gasteiger partial charge in [0, 0.05) is 5.92 Å². The minimum atomic E-state index is 0.276. The van der Waals surface area contributed by atoms with Crippen molar-refractivity contribution < 1.29 is 9.63 Å². The molecule has 4 nitrogen and oxygen atoms in total. The minimum Gasteiger partial charge on any atom is -0.508 e. The van der Waals surface area contributed by atoms with Gasteiger partial charge in [-0.15, -0.1) is 0 Å².